The predicted octanol–water partition coefficient (Wildman–Crippen LogP) is 2.25. The molecule has 0 saturated heterocycles. The molecule has 0 unspecified atom stereocenters. The number of aromatic nitrogens is 3. The van der Waals surface area contributed by atoms with Gasteiger partial charge < -0.3 is 10.3 Å². The van der Waals surface area contributed by atoms with Crippen molar-refractivity contribution in [3.8, 4) is 0 Å². The van der Waals surface area contributed by atoms with Crippen LogP contribution in [0, 0.1) is 0 Å². The summed E-state index contributed by atoms with van der Waals surface area (Å²) in [6, 6.07) is 1.83. The van der Waals surface area contributed by atoms with Crippen molar-refractivity contribution in [2.75, 3.05) is 0 Å². The molecular weight excluding hydrogens is 256 g/mol. The fraction of sp³-hybridized carbons (Fsp3) is 0.364. The molecule has 0 atom stereocenters. The van der Waals surface area contributed by atoms with Gasteiger partial charge in [-0.15, -0.1) is 0 Å². The van der Waals surface area contributed by atoms with E-state index < -0.39 is 0 Å². The van der Waals surface area contributed by atoms with Gasteiger partial charge in [0.05, 0.1) is 16.6 Å². The number of halogens is 1. The third-order valence-corrected chi connectivity index (χ3v) is 3.17. The zero-order valence-corrected chi connectivity index (χ0v) is 10.6. The van der Waals surface area contributed by atoms with Gasteiger partial charge in [0.2, 0.25) is 0 Å². The second-order valence-electron chi connectivity index (χ2n) is 4.29. The molecule has 0 aliphatic heterocycles. The lowest BCUT2D eigenvalue weighted by molar-refractivity contribution is 0.777. The van der Waals surface area contributed by atoms with Gasteiger partial charge in [0.25, 0.3) is 0 Å². The van der Waals surface area contributed by atoms with E-state index >= 15 is 0 Å². The number of imidazole rings is 1. The first-order valence-corrected chi connectivity index (χ1v) is 6.24. The number of nitrogens with zero attached hydrogens (tertiary/aromatic N) is 3. The van der Waals surface area contributed by atoms with Crippen LogP contribution in [0.4, 0.5) is 0 Å². The highest BCUT2D eigenvalue weighted by atomic mass is 35.5. The summed E-state index contributed by atoms with van der Waals surface area (Å²) in [5, 5.41) is 0.597. The van der Waals surface area contributed by atoms with E-state index in [2.05, 4.69) is 9.97 Å². The number of fused-ring (bicyclic) bond motifs is 1. The lowest BCUT2D eigenvalue weighted by Gasteiger charge is -2.06. The molecule has 2 aromatic heterocycles. The van der Waals surface area contributed by atoms with Crippen molar-refractivity contribution in [3.05, 3.63) is 23.1 Å². The number of hydrogen-bond donors (Lipinski definition) is 1. The van der Waals surface area contributed by atoms with Crippen LogP contribution >= 0.6 is 23.8 Å². The molecule has 0 radical (unpaired) electrons. The van der Waals surface area contributed by atoms with E-state index in [0.29, 0.717) is 22.5 Å². The third-order valence-electron chi connectivity index (χ3n) is 2.84. The van der Waals surface area contributed by atoms with E-state index in [1.165, 1.54) is 12.8 Å². The summed E-state index contributed by atoms with van der Waals surface area (Å²) in [4.78, 5) is 9.35. The second kappa shape index (κ2) is 3.92. The monoisotopic (exact) mass is 266 g/mol. The van der Waals surface area contributed by atoms with E-state index in [0.717, 1.165) is 17.0 Å². The largest absolute Gasteiger partial charge is 0.392 e. The van der Waals surface area contributed by atoms with E-state index in [-0.39, 0.29) is 0 Å². The summed E-state index contributed by atoms with van der Waals surface area (Å²) >= 11 is 10.9. The zero-order valence-electron chi connectivity index (χ0n) is 9.06. The molecule has 88 valence electrons. The Morgan fingerprint density at radius 2 is 2.35 bits per heavy atom. The maximum absolute atomic E-state index is 5.92. The summed E-state index contributed by atoms with van der Waals surface area (Å²) in [7, 11) is 0. The highest BCUT2D eigenvalue weighted by Crippen LogP contribution is 2.40. The van der Waals surface area contributed by atoms with Crippen molar-refractivity contribution >= 4 is 40.0 Å². The van der Waals surface area contributed by atoms with Crippen LogP contribution in [0.5, 0.6) is 0 Å². The topological polar surface area (TPSA) is 56.7 Å². The second-order valence-corrected chi connectivity index (χ2v) is 5.25. The molecule has 1 aliphatic rings. The Kier molecular flexibility index (Phi) is 2.52. The Balaban J connectivity index is 2.19. The molecule has 0 spiro atoms. The van der Waals surface area contributed by atoms with Crippen molar-refractivity contribution in [3.63, 3.8) is 0 Å². The first kappa shape index (κ1) is 10.9. The fourth-order valence-electron chi connectivity index (χ4n) is 1.97. The van der Waals surface area contributed by atoms with Gasteiger partial charge in [0.15, 0.2) is 5.65 Å². The van der Waals surface area contributed by atoms with Crippen LogP contribution in [0.25, 0.3) is 11.2 Å². The molecule has 0 amide bonds. The summed E-state index contributed by atoms with van der Waals surface area (Å²) in [5.41, 5.74) is 7.25. The molecule has 3 rings (SSSR count). The van der Waals surface area contributed by atoms with Crippen LogP contribution in [0.1, 0.15) is 24.6 Å². The van der Waals surface area contributed by atoms with Gasteiger partial charge in [-0.25, -0.2) is 9.97 Å². The first-order chi connectivity index (χ1) is 8.15. The quantitative estimate of drug-likeness (QED) is 0.866. The van der Waals surface area contributed by atoms with Crippen LogP contribution in [0.15, 0.2) is 12.3 Å². The van der Waals surface area contributed by atoms with Crippen molar-refractivity contribution in [2.24, 2.45) is 5.73 Å². The van der Waals surface area contributed by atoms with E-state index in [1.807, 2.05) is 10.6 Å². The average Bonchev–Trinajstić information content (AvgIpc) is 3.03. The molecular formula is C11H11ClN4S. The van der Waals surface area contributed by atoms with Crippen molar-refractivity contribution < 1.29 is 0 Å². The summed E-state index contributed by atoms with van der Waals surface area (Å²) in [6.07, 6.45) is 3.97. The molecule has 6 heteroatoms. The molecule has 2 N–H and O–H groups in total. The molecule has 0 aromatic carbocycles. The maximum Gasteiger partial charge on any atom is 0.160 e. The van der Waals surface area contributed by atoms with E-state index in [9.17, 15) is 0 Å². The van der Waals surface area contributed by atoms with Gasteiger partial charge in [-0.3, -0.25) is 0 Å². The van der Waals surface area contributed by atoms with Crippen LogP contribution in [-0.4, -0.2) is 19.5 Å². The maximum atomic E-state index is 5.92. The minimum absolute atomic E-state index is 0.447. The third kappa shape index (κ3) is 2.00. The van der Waals surface area contributed by atoms with Crippen LogP contribution in [0.3, 0.4) is 0 Å². The normalized spacial score (nSPS) is 15.4. The van der Waals surface area contributed by atoms with Crippen LogP contribution in [0.2, 0.25) is 5.02 Å². The molecule has 2 heterocycles. The average molecular weight is 267 g/mol. The summed E-state index contributed by atoms with van der Waals surface area (Å²) < 4.78 is 2.01. The molecule has 0 bridgehead atoms. The Hall–Kier alpha value is -1.20. The number of thiocarbonyl (C=S) groups is 1. The molecule has 4 nitrogen and oxygen atoms in total. The van der Waals surface area contributed by atoms with Crippen LogP contribution < -0.4 is 5.73 Å². The standard InChI is InChI=1S/C11H11ClN4S/c12-7-3-8-11(14-4-7)16(5-9(13)17)10(15-8)6-1-2-6/h3-4,6H,1-2,5H2,(H2,13,17). The molecule has 1 saturated carbocycles. The van der Waals surface area contributed by atoms with Gasteiger partial charge >= 0.3 is 0 Å². The first-order valence-electron chi connectivity index (χ1n) is 5.45. The molecule has 1 aliphatic carbocycles. The SMILES string of the molecule is NC(=S)Cn1c(C2CC2)nc2cc(Cl)cnc21. The van der Waals surface area contributed by atoms with Gasteiger partial charge in [-0.1, -0.05) is 23.8 Å². The Labute approximate surface area is 109 Å². The minimum Gasteiger partial charge on any atom is -0.392 e. The van der Waals surface area contributed by atoms with Crippen LogP contribution in [-0.2, 0) is 6.54 Å². The van der Waals surface area contributed by atoms with Crippen molar-refractivity contribution in [1.29, 1.82) is 0 Å². The van der Waals surface area contributed by atoms with Gasteiger partial charge in [0, 0.05) is 12.1 Å². The van der Waals surface area contributed by atoms with Gasteiger partial charge in [-0.2, -0.15) is 0 Å². The zero-order chi connectivity index (χ0) is 12.0. The van der Waals surface area contributed by atoms with Gasteiger partial charge in [0.1, 0.15) is 11.3 Å². The number of rotatable bonds is 3. The summed E-state index contributed by atoms with van der Waals surface area (Å²) in [5.74, 6) is 1.56. The van der Waals surface area contributed by atoms with Crippen molar-refractivity contribution in [2.45, 2.75) is 25.3 Å². The number of nitrogens with two attached hydrogens (primary N) is 1. The molecule has 2 aromatic rings. The lowest BCUT2D eigenvalue weighted by Crippen LogP contribution is -2.18. The minimum atomic E-state index is 0.447. The van der Waals surface area contributed by atoms with E-state index in [1.54, 1.807) is 6.20 Å². The highest BCUT2D eigenvalue weighted by molar-refractivity contribution is 7.80. The number of hydrogen-bond acceptors (Lipinski definition) is 3. The predicted molar refractivity (Wildman–Crippen MR) is 71.3 cm³/mol. The smallest absolute Gasteiger partial charge is 0.160 e. The molecule has 1 fully saturated rings. The van der Waals surface area contributed by atoms with Crippen molar-refractivity contribution in [1.82, 2.24) is 14.5 Å². The lowest BCUT2D eigenvalue weighted by atomic mass is 10.4. The van der Waals surface area contributed by atoms with E-state index in [4.69, 9.17) is 29.6 Å². The Morgan fingerprint density at radius 3 is 3.00 bits per heavy atom. The Morgan fingerprint density at radius 1 is 1.59 bits per heavy atom. The van der Waals surface area contributed by atoms with Gasteiger partial charge in [-0.05, 0) is 18.9 Å². The Bertz CT molecular complexity index is 603. The highest BCUT2D eigenvalue weighted by Gasteiger charge is 2.30. The fourth-order valence-corrected chi connectivity index (χ4v) is 2.25. The number of pyridine rings is 1. The summed E-state index contributed by atoms with van der Waals surface area (Å²) in [6.45, 7) is 0.492. The molecule has 17 heavy (non-hydrogen) atoms.